The Bertz CT molecular complexity index is 1520. The van der Waals surface area contributed by atoms with Crippen LogP contribution in [0.15, 0.2) is 60.7 Å². The van der Waals surface area contributed by atoms with E-state index in [1.807, 2.05) is 18.2 Å². The maximum Gasteiger partial charge on any atom is 0.432 e. The minimum atomic E-state index is -4.74. The van der Waals surface area contributed by atoms with Crippen LogP contribution in [0.25, 0.3) is 22.3 Å². The molecule has 0 aliphatic heterocycles. The maximum absolute atomic E-state index is 15.0. The van der Waals surface area contributed by atoms with Crippen molar-refractivity contribution in [3.63, 3.8) is 0 Å². The molecule has 0 radical (unpaired) electrons. The second kappa shape index (κ2) is 9.87. The Labute approximate surface area is 225 Å². The highest BCUT2D eigenvalue weighted by molar-refractivity contribution is 14.1. The van der Waals surface area contributed by atoms with Gasteiger partial charge in [0, 0.05) is 21.6 Å². The smallest absolute Gasteiger partial charge is 0.429 e. The van der Waals surface area contributed by atoms with Gasteiger partial charge in [0.2, 0.25) is 0 Å². The van der Waals surface area contributed by atoms with E-state index in [0.29, 0.717) is 21.6 Å². The minimum absolute atomic E-state index is 0.106. The number of alkyl halides is 3. The molecule has 0 saturated heterocycles. The lowest BCUT2D eigenvalue weighted by Crippen LogP contribution is -2.25. The third-order valence-electron chi connectivity index (χ3n) is 6.24. The van der Waals surface area contributed by atoms with Gasteiger partial charge in [0.25, 0.3) is 0 Å². The SMILES string of the molecule is Fc1cc(-c2ccc3c(c2)CC(I)C3)ccc1-c1cc(F)c(C(F)(F)Oc2cc(F)c(F)c(F)c2)c(F)c1. The summed E-state index contributed by atoms with van der Waals surface area (Å²) in [7, 11) is 0. The van der Waals surface area contributed by atoms with E-state index in [4.69, 9.17) is 0 Å². The number of fused-ring (bicyclic) bond motifs is 1. The van der Waals surface area contributed by atoms with Gasteiger partial charge < -0.3 is 4.74 Å². The molecule has 1 nitrogen and oxygen atoms in total. The van der Waals surface area contributed by atoms with Crippen molar-refractivity contribution in [2.24, 2.45) is 0 Å². The van der Waals surface area contributed by atoms with Gasteiger partial charge >= 0.3 is 6.11 Å². The Morgan fingerprint density at radius 2 is 1.18 bits per heavy atom. The van der Waals surface area contributed by atoms with Crippen LogP contribution in [0.2, 0.25) is 0 Å². The van der Waals surface area contributed by atoms with Crippen LogP contribution in [0.1, 0.15) is 16.7 Å². The second-order valence-electron chi connectivity index (χ2n) is 8.82. The van der Waals surface area contributed by atoms with Gasteiger partial charge in [-0.3, -0.25) is 0 Å². The third-order valence-corrected chi connectivity index (χ3v) is 7.12. The monoisotopic (exact) mass is 646 g/mol. The molecule has 0 aromatic heterocycles. The topological polar surface area (TPSA) is 9.23 Å². The highest BCUT2D eigenvalue weighted by Crippen LogP contribution is 2.39. The fourth-order valence-electron chi connectivity index (χ4n) is 4.47. The Hall–Kier alpha value is -3.15. The average Bonchev–Trinajstić information content (AvgIpc) is 3.20. The van der Waals surface area contributed by atoms with Gasteiger partial charge in [0.15, 0.2) is 17.5 Å². The molecular formula is C28H15F8IO. The molecular weight excluding hydrogens is 631 g/mol. The van der Waals surface area contributed by atoms with E-state index in [0.717, 1.165) is 18.4 Å². The Morgan fingerprint density at radius 1 is 0.632 bits per heavy atom. The lowest BCUT2D eigenvalue weighted by molar-refractivity contribution is -0.189. The summed E-state index contributed by atoms with van der Waals surface area (Å²) in [6.07, 6.45) is -2.89. The summed E-state index contributed by atoms with van der Waals surface area (Å²) in [5.41, 5.74) is 1.23. The van der Waals surface area contributed by atoms with Crippen LogP contribution in [0.3, 0.4) is 0 Å². The van der Waals surface area contributed by atoms with Crippen molar-refractivity contribution < 1.29 is 39.9 Å². The molecule has 1 aliphatic carbocycles. The first-order valence-electron chi connectivity index (χ1n) is 11.2. The molecule has 4 aromatic carbocycles. The van der Waals surface area contributed by atoms with Crippen molar-refractivity contribution in [3.05, 3.63) is 112 Å². The summed E-state index contributed by atoms with van der Waals surface area (Å²) >= 11 is 2.37. The highest BCUT2D eigenvalue weighted by Gasteiger charge is 2.41. The molecule has 4 aromatic rings. The Kier molecular flexibility index (Phi) is 6.87. The van der Waals surface area contributed by atoms with Crippen LogP contribution in [-0.4, -0.2) is 3.92 Å². The Balaban J connectivity index is 1.45. The number of halogens is 9. The molecule has 0 heterocycles. The molecule has 5 rings (SSSR count). The zero-order valence-electron chi connectivity index (χ0n) is 19.1. The summed E-state index contributed by atoms with van der Waals surface area (Å²) in [6, 6.07) is 11.0. The molecule has 1 atom stereocenters. The summed E-state index contributed by atoms with van der Waals surface area (Å²) in [4.78, 5) is 0. The predicted octanol–water partition coefficient (Wildman–Crippen LogP) is 8.89. The van der Waals surface area contributed by atoms with Gasteiger partial charge in [-0.1, -0.05) is 52.9 Å². The molecule has 0 bridgehead atoms. The molecule has 1 aliphatic rings. The van der Waals surface area contributed by atoms with Gasteiger partial charge in [-0.15, -0.1) is 0 Å². The van der Waals surface area contributed by atoms with Crippen LogP contribution in [0.5, 0.6) is 5.75 Å². The first kappa shape index (κ1) is 26.5. The molecule has 10 heteroatoms. The summed E-state index contributed by atoms with van der Waals surface area (Å²) in [5.74, 6) is -11.2. The first-order valence-corrected chi connectivity index (χ1v) is 12.4. The fourth-order valence-corrected chi connectivity index (χ4v) is 5.42. The normalized spacial score (nSPS) is 15.0. The van der Waals surface area contributed by atoms with Gasteiger partial charge in [0.05, 0.1) is 0 Å². The minimum Gasteiger partial charge on any atom is -0.429 e. The van der Waals surface area contributed by atoms with E-state index in [-0.39, 0.29) is 23.3 Å². The molecule has 0 N–H and O–H groups in total. The molecule has 1 unspecified atom stereocenters. The number of hydrogen-bond donors (Lipinski definition) is 0. The van der Waals surface area contributed by atoms with Gasteiger partial charge in [-0.2, -0.15) is 8.78 Å². The van der Waals surface area contributed by atoms with Gasteiger partial charge in [0.1, 0.15) is 28.8 Å². The van der Waals surface area contributed by atoms with Crippen molar-refractivity contribution >= 4 is 22.6 Å². The predicted molar refractivity (Wildman–Crippen MR) is 133 cm³/mol. The third kappa shape index (κ3) is 4.97. The van der Waals surface area contributed by atoms with Crippen molar-refractivity contribution in [2.75, 3.05) is 0 Å². The summed E-state index contributed by atoms with van der Waals surface area (Å²) in [5, 5.41) is 0. The lowest BCUT2D eigenvalue weighted by Gasteiger charge is -2.20. The van der Waals surface area contributed by atoms with Crippen LogP contribution < -0.4 is 4.74 Å². The molecule has 0 amide bonds. The van der Waals surface area contributed by atoms with E-state index in [1.165, 1.54) is 23.3 Å². The largest absolute Gasteiger partial charge is 0.432 e. The molecule has 0 spiro atoms. The second-order valence-corrected chi connectivity index (χ2v) is 10.6. The van der Waals surface area contributed by atoms with Crippen LogP contribution in [0.4, 0.5) is 35.1 Å². The number of rotatable bonds is 5. The van der Waals surface area contributed by atoms with Crippen molar-refractivity contribution in [1.82, 2.24) is 0 Å². The molecule has 0 saturated carbocycles. The molecule has 0 fully saturated rings. The highest BCUT2D eigenvalue weighted by atomic mass is 127. The van der Waals surface area contributed by atoms with Crippen LogP contribution in [-0.2, 0) is 19.0 Å². The summed E-state index contributed by atoms with van der Waals surface area (Å²) in [6.45, 7) is 0. The molecule has 38 heavy (non-hydrogen) atoms. The van der Waals surface area contributed by atoms with Crippen molar-refractivity contribution in [2.45, 2.75) is 22.9 Å². The number of hydrogen-bond acceptors (Lipinski definition) is 1. The first-order chi connectivity index (χ1) is 17.9. The number of benzene rings is 4. The number of ether oxygens (including phenoxy) is 1. The molecule has 196 valence electrons. The quantitative estimate of drug-likeness (QED) is 0.0912. The summed E-state index contributed by atoms with van der Waals surface area (Å²) < 4.78 is 118. The van der Waals surface area contributed by atoms with E-state index < -0.39 is 52.3 Å². The van der Waals surface area contributed by atoms with Gasteiger partial charge in [-0.05, 0) is 58.9 Å². The standard InChI is InChI=1S/C28H15F8IO/c29-21-8-15(13-1-2-14-6-18(37)7-16(14)5-13)3-4-20(21)17-9-22(30)26(23(31)10-17)28(35,36)38-19-11-24(32)27(34)25(33)12-19/h1-5,8-12,18H,6-7H2. The van der Waals surface area contributed by atoms with E-state index in [9.17, 15) is 30.7 Å². The van der Waals surface area contributed by atoms with E-state index >= 15 is 4.39 Å². The van der Waals surface area contributed by atoms with E-state index in [1.54, 1.807) is 6.07 Å². The van der Waals surface area contributed by atoms with Gasteiger partial charge in [-0.25, -0.2) is 26.3 Å². The van der Waals surface area contributed by atoms with Crippen LogP contribution in [0, 0.1) is 34.9 Å². The Morgan fingerprint density at radius 3 is 1.82 bits per heavy atom. The average molecular weight is 646 g/mol. The van der Waals surface area contributed by atoms with Crippen molar-refractivity contribution in [3.8, 4) is 28.0 Å². The van der Waals surface area contributed by atoms with Crippen molar-refractivity contribution in [1.29, 1.82) is 0 Å². The fraction of sp³-hybridized carbons (Fsp3) is 0.143. The maximum atomic E-state index is 15.0. The zero-order chi connectivity index (χ0) is 27.4. The lowest BCUT2D eigenvalue weighted by atomic mass is 9.96. The van der Waals surface area contributed by atoms with E-state index in [2.05, 4.69) is 27.3 Å². The van der Waals surface area contributed by atoms with Crippen LogP contribution >= 0.6 is 22.6 Å². The zero-order valence-corrected chi connectivity index (χ0v) is 21.2.